The fraction of sp³-hybridized carbons (Fsp3) is 0.615. The molecule has 1 saturated carbocycles. The van der Waals surface area contributed by atoms with Crippen LogP contribution in [0.2, 0.25) is 0 Å². The molecule has 15 heavy (non-hydrogen) atoms. The van der Waals surface area contributed by atoms with Gasteiger partial charge in [0, 0.05) is 18.3 Å². The van der Waals surface area contributed by atoms with Crippen LogP contribution in [0.5, 0.6) is 0 Å². The van der Waals surface area contributed by atoms with Gasteiger partial charge in [0.2, 0.25) is 0 Å². The van der Waals surface area contributed by atoms with Crippen LogP contribution in [0.25, 0.3) is 0 Å². The Bertz CT molecular complexity index is 267. The number of aromatic nitrogens is 1. The lowest BCUT2D eigenvalue weighted by Gasteiger charge is -2.21. The molecule has 2 nitrogen and oxygen atoms in total. The molecule has 0 N–H and O–H groups in total. The number of ether oxygens (including phenoxy) is 1. The molecule has 0 unspecified atom stereocenters. The van der Waals surface area contributed by atoms with E-state index in [2.05, 4.69) is 11.1 Å². The van der Waals surface area contributed by atoms with E-state index in [0.717, 1.165) is 18.7 Å². The minimum absolute atomic E-state index is 0.516. The molecule has 1 aliphatic rings. The Labute approximate surface area is 91.7 Å². The first-order valence-electron chi connectivity index (χ1n) is 5.96. The third kappa shape index (κ3) is 3.63. The summed E-state index contributed by atoms with van der Waals surface area (Å²) in [5.41, 5.74) is 1.13. The first kappa shape index (κ1) is 10.6. The summed E-state index contributed by atoms with van der Waals surface area (Å²) in [5.74, 6) is 0. The molecule has 0 atom stereocenters. The van der Waals surface area contributed by atoms with E-state index in [4.69, 9.17) is 4.74 Å². The second-order valence-electron chi connectivity index (χ2n) is 4.20. The molecule has 1 heterocycles. The zero-order chi connectivity index (χ0) is 10.3. The predicted molar refractivity (Wildman–Crippen MR) is 60.8 cm³/mol. The lowest BCUT2D eigenvalue weighted by molar-refractivity contribution is 0.0300. The number of rotatable bonds is 4. The highest BCUT2D eigenvalue weighted by molar-refractivity contribution is 5.03. The van der Waals surface area contributed by atoms with Crippen molar-refractivity contribution in [3.05, 3.63) is 30.1 Å². The maximum atomic E-state index is 5.85. The average molecular weight is 205 g/mol. The van der Waals surface area contributed by atoms with Crippen molar-refractivity contribution in [1.29, 1.82) is 0 Å². The normalized spacial score (nSPS) is 17.9. The first-order chi connectivity index (χ1) is 7.45. The van der Waals surface area contributed by atoms with Gasteiger partial charge in [-0.15, -0.1) is 0 Å². The largest absolute Gasteiger partial charge is 0.378 e. The molecule has 0 saturated heterocycles. The van der Waals surface area contributed by atoms with E-state index in [1.807, 2.05) is 18.3 Å². The second-order valence-corrected chi connectivity index (χ2v) is 4.20. The Morgan fingerprint density at radius 2 is 2.07 bits per heavy atom. The van der Waals surface area contributed by atoms with Gasteiger partial charge in [-0.3, -0.25) is 4.98 Å². The van der Waals surface area contributed by atoms with Crippen molar-refractivity contribution in [3.8, 4) is 0 Å². The number of hydrogen-bond acceptors (Lipinski definition) is 2. The van der Waals surface area contributed by atoms with Crippen molar-refractivity contribution in [1.82, 2.24) is 4.98 Å². The highest BCUT2D eigenvalue weighted by Gasteiger charge is 2.13. The maximum Gasteiger partial charge on any atom is 0.0575 e. The highest BCUT2D eigenvalue weighted by atomic mass is 16.5. The minimum Gasteiger partial charge on any atom is -0.378 e. The third-order valence-electron chi connectivity index (χ3n) is 2.99. The molecule has 0 radical (unpaired) electrons. The van der Waals surface area contributed by atoms with Crippen LogP contribution in [0.4, 0.5) is 0 Å². The molecule has 1 aromatic rings. The van der Waals surface area contributed by atoms with E-state index in [0.29, 0.717) is 6.10 Å². The van der Waals surface area contributed by atoms with Gasteiger partial charge in [-0.1, -0.05) is 25.3 Å². The Balaban J connectivity index is 1.66. The van der Waals surface area contributed by atoms with Crippen LogP contribution in [0, 0.1) is 0 Å². The maximum absolute atomic E-state index is 5.85. The number of pyridine rings is 1. The zero-order valence-electron chi connectivity index (χ0n) is 9.19. The fourth-order valence-corrected chi connectivity index (χ4v) is 2.11. The summed E-state index contributed by atoms with van der Waals surface area (Å²) < 4.78 is 5.85. The fourth-order valence-electron chi connectivity index (χ4n) is 2.11. The Kier molecular flexibility index (Phi) is 4.15. The molecule has 0 spiro atoms. The van der Waals surface area contributed by atoms with Crippen LogP contribution in [0.15, 0.2) is 24.4 Å². The van der Waals surface area contributed by atoms with Crippen molar-refractivity contribution in [3.63, 3.8) is 0 Å². The van der Waals surface area contributed by atoms with Crippen molar-refractivity contribution in [2.75, 3.05) is 6.61 Å². The molecule has 1 aromatic heterocycles. The molecule has 0 amide bonds. The van der Waals surface area contributed by atoms with E-state index < -0.39 is 0 Å². The standard InChI is InChI=1S/C13H19NO/c1-2-7-13(8-3-1)15-11-9-12-6-4-5-10-14-12/h4-6,10,13H,1-3,7-9,11H2. The van der Waals surface area contributed by atoms with Gasteiger partial charge in [-0.25, -0.2) is 0 Å². The number of hydrogen-bond donors (Lipinski definition) is 0. The van der Waals surface area contributed by atoms with Crippen LogP contribution in [0.3, 0.4) is 0 Å². The predicted octanol–water partition coefficient (Wildman–Crippen LogP) is 2.97. The topological polar surface area (TPSA) is 22.1 Å². The van der Waals surface area contributed by atoms with E-state index in [1.165, 1.54) is 32.1 Å². The molecule has 2 rings (SSSR count). The monoisotopic (exact) mass is 205 g/mol. The highest BCUT2D eigenvalue weighted by Crippen LogP contribution is 2.20. The molecule has 1 fully saturated rings. The molecule has 2 heteroatoms. The lowest BCUT2D eigenvalue weighted by Crippen LogP contribution is -2.18. The van der Waals surface area contributed by atoms with Crippen LogP contribution in [-0.4, -0.2) is 17.7 Å². The van der Waals surface area contributed by atoms with Crippen molar-refractivity contribution in [2.45, 2.75) is 44.6 Å². The molecule has 0 aromatic carbocycles. The Morgan fingerprint density at radius 3 is 2.80 bits per heavy atom. The van der Waals surface area contributed by atoms with Crippen molar-refractivity contribution >= 4 is 0 Å². The van der Waals surface area contributed by atoms with Gasteiger partial charge in [-0.05, 0) is 25.0 Å². The molecular formula is C13H19NO. The van der Waals surface area contributed by atoms with Gasteiger partial charge in [0.05, 0.1) is 12.7 Å². The zero-order valence-corrected chi connectivity index (χ0v) is 9.19. The van der Waals surface area contributed by atoms with Crippen molar-refractivity contribution in [2.24, 2.45) is 0 Å². The summed E-state index contributed by atoms with van der Waals surface area (Å²) in [5, 5.41) is 0. The summed E-state index contributed by atoms with van der Waals surface area (Å²) in [4.78, 5) is 4.28. The van der Waals surface area contributed by atoms with Gasteiger partial charge in [0.15, 0.2) is 0 Å². The summed E-state index contributed by atoms with van der Waals surface area (Å²) in [6.45, 7) is 0.821. The summed E-state index contributed by atoms with van der Waals surface area (Å²) in [6.07, 6.45) is 9.88. The molecule has 82 valence electrons. The van der Waals surface area contributed by atoms with E-state index in [1.54, 1.807) is 0 Å². The summed E-state index contributed by atoms with van der Waals surface area (Å²) in [7, 11) is 0. The van der Waals surface area contributed by atoms with E-state index in [-0.39, 0.29) is 0 Å². The second kappa shape index (κ2) is 5.86. The quantitative estimate of drug-likeness (QED) is 0.754. The average Bonchev–Trinajstić information content (AvgIpc) is 2.32. The summed E-state index contributed by atoms with van der Waals surface area (Å²) >= 11 is 0. The van der Waals surface area contributed by atoms with Crippen molar-refractivity contribution < 1.29 is 4.74 Å². The Morgan fingerprint density at radius 1 is 1.20 bits per heavy atom. The summed E-state index contributed by atoms with van der Waals surface area (Å²) in [6, 6.07) is 6.04. The first-order valence-corrected chi connectivity index (χ1v) is 5.96. The minimum atomic E-state index is 0.516. The molecule has 1 aliphatic carbocycles. The van der Waals surface area contributed by atoms with Crippen LogP contribution >= 0.6 is 0 Å². The van der Waals surface area contributed by atoms with Gasteiger partial charge in [0.1, 0.15) is 0 Å². The molecular weight excluding hydrogens is 186 g/mol. The SMILES string of the molecule is c1ccc(CCOC2CCCCC2)nc1. The third-order valence-corrected chi connectivity index (χ3v) is 2.99. The molecule has 0 bridgehead atoms. The van der Waals surface area contributed by atoms with Gasteiger partial charge in [-0.2, -0.15) is 0 Å². The number of nitrogens with zero attached hydrogens (tertiary/aromatic N) is 1. The van der Waals surface area contributed by atoms with E-state index in [9.17, 15) is 0 Å². The molecule has 0 aliphatic heterocycles. The lowest BCUT2D eigenvalue weighted by atomic mass is 9.98. The van der Waals surface area contributed by atoms with Gasteiger partial charge >= 0.3 is 0 Å². The van der Waals surface area contributed by atoms with Crippen LogP contribution < -0.4 is 0 Å². The van der Waals surface area contributed by atoms with Crippen LogP contribution in [-0.2, 0) is 11.2 Å². The van der Waals surface area contributed by atoms with Gasteiger partial charge in [0.25, 0.3) is 0 Å². The van der Waals surface area contributed by atoms with Crippen LogP contribution in [0.1, 0.15) is 37.8 Å². The van der Waals surface area contributed by atoms with E-state index >= 15 is 0 Å². The smallest absolute Gasteiger partial charge is 0.0575 e. The van der Waals surface area contributed by atoms with Gasteiger partial charge < -0.3 is 4.74 Å². The Hall–Kier alpha value is -0.890.